The number of benzene rings is 2. The predicted molar refractivity (Wildman–Crippen MR) is 133 cm³/mol. The van der Waals surface area contributed by atoms with Gasteiger partial charge in [0.1, 0.15) is 6.54 Å². The first-order valence-corrected chi connectivity index (χ1v) is 11.5. The summed E-state index contributed by atoms with van der Waals surface area (Å²) in [6.45, 7) is 6.18. The average molecular weight is 477 g/mol. The van der Waals surface area contributed by atoms with E-state index in [1.807, 2.05) is 32.9 Å². The van der Waals surface area contributed by atoms with Crippen LogP contribution in [0.3, 0.4) is 0 Å². The lowest BCUT2D eigenvalue weighted by molar-refractivity contribution is -0.121. The fourth-order valence-electron chi connectivity index (χ4n) is 3.77. The molecule has 0 spiro atoms. The van der Waals surface area contributed by atoms with Crippen molar-refractivity contribution < 1.29 is 9.59 Å². The van der Waals surface area contributed by atoms with Crippen molar-refractivity contribution in [3.05, 3.63) is 74.9 Å². The Morgan fingerprint density at radius 2 is 1.71 bits per heavy atom. The van der Waals surface area contributed by atoms with E-state index in [2.05, 4.69) is 15.7 Å². The first kappa shape index (κ1) is 23.9. The molecule has 2 N–H and O–H groups in total. The van der Waals surface area contributed by atoms with Gasteiger partial charge in [-0.1, -0.05) is 43.7 Å². The highest BCUT2D eigenvalue weighted by molar-refractivity contribution is 5.90. The van der Waals surface area contributed by atoms with E-state index in [0.717, 1.165) is 10.2 Å². The Labute approximate surface area is 201 Å². The van der Waals surface area contributed by atoms with Gasteiger partial charge in [0.15, 0.2) is 0 Å². The summed E-state index contributed by atoms with van der Waals surface area (Å²) < 4.78 is 3.65. The molecule has 0 saturated carbocycles. The number of hydrogen-bond acceptors (Lipinski definition) is 5. The first-order chi connectivity index (χ1) is 16.7. The van der Waals surface area contributed by atoms with Gasteiger partial charge in [-0.3, -0.25) is 19.0 Å². The summed E-state index contributed by atoms with van der Waals surface area (Å²) in [4.78, 5) is 51.3. The highest BCUT2D eigenvalue weighted by atomic mass is 16.2. The Kier molecular flexibility index (Phi) is 6.81. The number of rotatable bonds is 8. The van der Waals surface area contributed by atoms with E-state index in [1.165, 1.54) is 8.97 Å². The lowest BCUT2D eigenvalue weighted by Gasteiger charge is -2.10. The van der Waals surface area contributed by atoms with Crippen LogP contribution in [0.5, 0.6) is 0 Å². The molecule has 35 heavy (non-hydrogen) atoms. The molecule has 0 fully saturated rings. The second-order valence-corrected chi connectivity index (χ2v) is 8.91. The molecule has 2 heterocycles. The Morgan fingerprint density at radius 3 is 2.43 bits per heavy atom. The third-order valence-electron chi connectivity index (χ3n) is 5.58. The number of aryl methyl sites for hydroxylation is 2. The number of amides is 2. The summed E-state index contributed by atoms with van der Waals surface area (Å²) in [5.41, 5.74) is 1.15. The molecule has 10 heteroatoms. The molecule has 0 unspecified atom stereocenters. The van der Waals surface area contributed by atoms with Crippen LogP contribution in [0.25, 0.3) is 16.7 Å². The van der Waals surface area contributed by atoms with E-state index in [4.69, 9.17) is 0 Å². The molecule has 10 nitrogen and oxygen atoms in total. The van der Waals surface area contributed by atoms with E-state index in [0.29, 0.717) is 29.1 Å². The maximum atomic E-state index is 13.2. The number of fused-ring (bicyclic) bond motifs is 3. The van der Waals surface area contributed by atoms with Gasteiger partial charge in [0, 0.05) is 25.2 Å². The van der Waals surface area contributed by atoms with Crippen LogP contribution < -0.4 is 21.9 Å². The fraction of sp³-hybridized carbons (Fsp3) is 0.320. The highest BCUT2D eigenvalue weighted by Crippen LogP contribution is 2.12. The molecular formula is C25H28N6O4. The minimum absolute atomic E-state index is 0.0448. The van der Waals surface area contributed by atoms with Crippen LogP contribution in [0.2, 0.25) is 0 Å². The number of nitrogens with zero attached hydrogens (tertiary/aromatic N) is 4. The van der Waals surface area contributed by atoms with E-state index in [-0.39, 0.29) is 36.8 Å². The van der Waals surface area contributed by atoms with Crippen LogP contribution >= 0.6 is 0 Å². The smallest absolute Gasteiger partial charge is 0.352 e. The molecule has 0 atom stereocenters. The molecule has 2 amide bonds. The second kappa shape index (κ2) is 9.96. The Hall–Kier alpha value is -4.21. The van der Waals surface area contributed by atoms with Crippen molar-refractivity contribution in [2.45, 2.75) is 40.3 Å². The normalized spacial score (nSPS) is 11.3. The van der Waals surface area contributed by atoms with Crippen LogP contribution in [-0.2, 0) is 22.7 Å². The maximum absolute atomic E-state index is 13.2. The predicted octanol–water partition coefficient (Wildman–Crippen LogP) is 1.92. The third kappa shape index (κ3) is 5.16. The average Bonchev–Trinajstić information content (AvgIpc) is 3.14. The monoisotopic (exact) mass is 476 g/mol. The van der Waals surface area contributed by atoms with Gasteiger partial charge in [0.2, 0.25) is 17.6 Å². The summed E-state index contributed by atoms with van der Waals surface area (Å²) in [7, 11) is 0. The minimum atomic E-state index is -0.548. The molecule has 4 aromatic rings. The number of hydrogen-bond donors (Lipinski definition) is 2. The number of anilines is 1. The summed E-state index contributed by atoms with van der Waals surface area (Å²) in [5, 5.41) is 10.2. The largest absolute Gasteiger partial charge is 0.356 e. The first-order valence-electron chi connectivity index (χ1n) is 11.5. The highest BCUT2D eigenvalue weighted by Gasteiger charge is 2.19. The number of carbonyl (C=O) groups is 2. The van der Waals surface area contributed by atoms with Gasteiger partial charge in [0.05, 0.1) is 10.9 Å². The van der Waals surface area contributed by atoms with Crippen LogP contribution in [0.4, 0.5) is 5.69 Å². The molecule has 2 aromatic heterocycles. The maximum Gasteiger partial charge on any atom is 0.352 e. The van der Waals surface area contributed by atoms with E-state index < -0.39 is 11.6 Å². The Balaban J connectivity index is 1.69. The summed E-state index contributed by atoms with van der Waals surface area (Å²) >= 11 is 0. The molecular weight excluding hydrogens is 448 g/mol. The van der Waals surface area contributed by atoms with E-state index in [1.54, 1.807) is 36.4 Å². The molecule has 0 radical (unpaired) electrons. The van der Waals surface area contributed by atoms with E-state index in [9.17, 15) is 19.2 Å². The lowest BCUT2D eigenvalue weighted by atomic mass is 10.2. The number of nitrogens with one attached hydrogen (secondary N) is 2. The Morgan fingerprint density at radius 1 is 1.00 bits per heavy atom. The zero-order valence-electron chi connectivity index (χ0n) is 19.9. The molecule has 0 aliphatic rings. The van der Waals surface area contributed by atoms with Crippen molar-refractivity contribution in [1.82, 2.24) is 24.1 Å². The lowest BCUT2D eigenvalue weighted by Crippen LogP contribution is -2.31. The van der Waals surface area contributed by atoms with Gasteiger partial charge in [-0.15, -0.1) is 5.10 Å². The van der Waals surface area contributed by atoms with Crippen molar-refractivity contribution >= 4 is 34.2 Å². The fourth-order valence-corrected chi connectivity index (χ4v) is 3.77. The molecule has 182 valence electrons. The zero-order valence-corrected chi connectivity index (χ0v) is 19.9. The van der Waals surface area contributed by atoms with Crippen molar-refractivity contribution in [1.29, 1.82) is 0 Å². The summed E-state index contributed by atoms with van der Waals surface area (Å²) in [5.74, 6) is -0.241. The summed E-state index contributed by atoms with van der Waals surface area (Å²) in [6, 6.07) is 14.0. The van der Waals surface area contributed by atoms with Crippen molar-refractivity contribution in [2.24, 2.45) is 5.92 Å². The van der Waals surface area contributed by atoms with Crippen molar-refractivity contribution in [2.75, 3.05) is 11.9 Å². The van der Waals surface area contributed by atoms with Gasteiger partial charge in [-0.05, 0) is 37.1 Å². The molecule has 0 bridgehead atoms. The molecule has 0 aliphatic heterocycles. The van der Waals surface area contributed by atoms with Gasteiger partial charge < -0.3 is 10.6 Å². The quantitative estimate of drug-likeness (QED) is 0.403. The number of para-hydroxylation sites is 1. The van der Waals surface area contributed by atoms with Gasteiger partial charge in [0.25, 0.3) is 5.56 Å². The summed E-state index contributed by atoms with van der Waals surface area (Å²) in [6.07, 6.45) is 0.0512. The number of carbonyl (C=O) groups excluding carboxylic acids is 2. The third-order valence-corrected chi connectivity index (χ3v) is 5.58. The molecule has 2 aromatic carbocycles. The van der Waals surface area contributed by atoms with Crippen molar-refractivity contribution in [3.8, 4) is 0 Å². The van der Waals surface area contributed by atoms with Crippen LogP contribution in [-0.4, -0.2) is 37.1 Å². The number of aromatic nitrogens is 4. The van der Waals surface area contributed by atoms with Crippen molar-refractivity contribution in [3.63, 3.8) is 0 Å². The minimum Gasteiger partial charge on any atom is -0.356 e. The zero-order chi connectivity index (χ0) is 25.1. The van der Waals surface area contributed by atoms with Gasteiger partial charge >= 0.3 is 5.69 Å². The van der Waals surface area contributed by atoms with Crippen LogP contribution in [0.1, 0.15) is 25.8 Å². The molecule has 0 saturated heterocycles. The van der Waals surface area contributed by atoms with Gasteiger partial charge in [-0.25, -0.2) is 13.9 Å². The van der Waals surface area contributed by atoms with Crippen LogP contribution in [0.15, 0.2) is 58.1 Å². The topological polar surface area (TPSA) is 120 Å². The molecule has 4 rings (SSSR count). The second-order valence-electron chi connectivity index (χ2n) is 8.91. The standard InChI is InChI=1S/C25H28N6O4/c1-16(2)14-26-21(32)12-13-29-23(34)19-6-4-5-7-20(19)31-24(29)28-30(25(31)35)15-22(33)27-18-10-8-17(3)9-11-18/h4-11,16H,12-15H2,1-3H3,(H,26,32)(H,27,33). The van der Waals surface area contributed by atoms with Gasteiger partial charge in [-0.2, -0.15) is 0 Å². The molecule has 0 aliphatic carbocycles. The Bertz CT molecular complexity index is 1510. The SMILES string of the molecule is Cc1ccc(NC(=O)Cn2nc3n(CCC(=O)NCC(C)C)c(=O)c4ccccc4n3c2=O)cc1. The van der Waals surface area contributed by atoms with E-state index >= 15 is 0 Å². The van der Waals surface area contributed by atoms with Crippen LogP contribution in [0, 0.1) is 12.8 Å².